The van der Waals surface area contributed by atoms with Crippen LogP contribution in [0.3, 0.4) is 0 Å². The molecule has 0 aromatic carbocycles. The van der Waals surface area contributed by atoms with Crippen molar-refractivity contribution in [2.45, 2.75) is 39.0 Å². The van der Waals surface area contributed by atoms with Gasteiger partial charge in [-0.05, 0) is 43.7 Å². The van der Waals surface area contributed by atoms with E-state index in [0.29, 0.717) is 17.9 Å². The molecule has 2 aromatic rings. The lowest BCUT2D eigenvalue weighted by molar-refractivity contribution is -0.116. The van der Waals surface area contributed by atoms with Crippen LogP contribution in [0, 0.1) is 6.92 Å². The topological polar surface area (TPSA) is 55.4 Å². The molecule has 2 aliphatic rings. The van der Waals surface area contributed by atoms with E-state index in [-0.39, 0.29) is 17.7 Å². The van der Waals surface area contributed by atoms with Crippen molar-refractivity contribution in [3.8, 4) is 0 Å². The average Bonchev–Trinajstić information content (AvgIpc) is 3.22. The van der Waals surface area contributed by atoms with Crippen molar-refractivity contribution in [1.82, 2.24) is 0 Å². The molecule has 1 N–H and O–H groups in total. The van der Waals surface area contributed by atoms with Gasteiger partial charge in [0.15, 0.2) is 5.78 Å². The Morgan fingerprint density at radius 3 is 2.96 bits per heavy atom. The summed E-state index contributed by atoms with van der Waals surface area (Å²) in [7, 11) is 0. The minimum atomic E-state index is -0.282. The number of carbonyl (C=O) groups is 2. The lowest BCUT2D eigenvalue weighted by Gasteiger charge is -2.32. The van der Waals surface area contributed by atoms with Gasteiger partial charge in [-0.1, -0.05) is 6.07 Å². The van der Waals surface area contributed by atoms with E-state index >= 15 is 0 Å². The van der Waals surface area contributed by atoms with E-state index in [1.54, 1.807) is 11.3 Å². The maximum absolute atomic E-state index is 12.7. The van der Waals surface area contributed by atoms with Gasteiger partial charge in [0.25, 0.3) is 0 Å². The number of ether oxygens (including phenoxy) is 1. The van der Waals surface area contributed by atoms with Crippen LogP contribution in [-0.2, 0) is 9.53 Å². The highest BCUT2D eigenvalue weighted by atomic mass is 32.1. The Labute approximate surface area is 154 Å². The lowest BCUT2D eigenvalue weighted by Crippen LogP contribution is -2.26. The van der Waals surface area contributed by atoms with Crippen molar-refractivity contribution >= 4 is 39.4 Å². The fourth-order valence-corrected chi connectivity index (χ4v) is 5.72. The Morgan fingerprint density at radius 2 is 2.24 bits per heavy atom. The van der Waals surface area contributed by atoms with Gasteiger partial charge in [0.05, 0.1) is 17.5 Å². The number of anilines is 1. The average molecular weight is 373 g/mol. The second-order valence-electron chi connectivity index (χ2n) is 6.26. The van der Waals surface area contributed by atoms with Crippen LogP contribution in [0.1, 0.15) is 57.8 Å². The predicted molar refractivity (Wildman–Crippen MR) is 101 cm³/mol. The Bertz CT molecular complexity index is 877. The summed E-state index contributed by atoms with van der Waals surface area (Å²) in [4.78, 5) is 26.8. The zero-order chi connectivity index (χ0) is 17.6. The molecule has 0 bridgehead atoms. The molecule has 0 spiro atoms. The van der Waals surface area contributed by atoms with Gasteiger partial charge in [-0.3, -0.25) is 4.79 Å². The number of thiophene rings is 2. The van der Waals surface area contributed by atoms with Crippen LogP contribution in [-0.4, -0.2) is 18.4 Å². The number of fused-ring (bicyclic) bond motifs is 1. The van der Waals surface area contributed by atoms with E-state index in [0.717, 1.165) is 45.1 Å². The van der Waals surface area contributed by atoms with E-state index in [1.165, 1.54) is 11.3 Å². The van der Waals surface area contributed by atoms with Crippen LogP contribution in [0.15, 0.2) is 28.8 Å². The van der Waals surface area contributed by atoms with E-state index in [9.17, 15) is 9.59 Å². The molecule has 1 atom stereocenters. The second kappa shape index (κ2) is 6.42. The molecule has 0 saturated heterocycles. The SMILES string of the molecule is CCOC(=O)c1sc2c(c1C)[C@@H](c1cccs1)C1=C(CCCC1=O)N2. The molecule has 3 heterocycles. The second-order valence-corrected chi connectivity index (χ2v) is 8.26. The minimum Gasteiger partial charge on any atom is -0.462 e. The molecule has 0 saturated carbocycles. The molecule has 4 nitrogen and oxygen atoms in total. The summed E-state index contributed by atoms with van der Waals surface area (Å²) in [5.74, 6) is -0.130. The largest absolute Gasteiger partial charge is 0.462 e. The van der Waals surface area contributed by atoms with Crippen molar-refractivity contribution in [1.29, 1.82) is 0 Å². The summed E-state index contributed by atoms with van der Waals surface area (Å²) >= 11 is 3.10. The molecule has 0 unspecified atom stereocenters. The molecule has 0 amide bonds. The van der Waals surface area contributed by atoms with Crippen molar-refractivity contribution in [3.63, 3.8) is 0 Å². The first-order chi connectivity index (χ1) is 12.1. The van der Waals surface area contributed by atoms with Crippen molar-refractivity contribution in [2.24, 2.45) is 0 Å². The number of carbonyl (C=O) groups excluding carboxylic acids is 2. The third-order valence-corrected chi connectivity index (χ3v) is 6.92. The number of ketones is 1. The molecule has 0 radical (unpaired) electrons. The van der Waals surface area contributed by atoms with Crippen molar-refractivity contribution in [2.75, 3.05) is 11.9 Å². The molecule has 1 aliphatic heterocycles. The molecule has 4 rings (SSSR count). The number of Topliss-reactive ketones (excluding diaryl/α,β-unsaturated/α-hetero) is 1. The smallest absolute Gasteiger partial charge is 0.348 e. The molecule has 0 fully saturated rings. The van der Waals surface area contributed by atoms with Gasteiger partial charge in [0.2, 0.25) is 0 Å². The third kappa shape index (κ3) is 2.64. The standard InChI is InChI=1S/C19H19NO3S2/c1-3-23-19(22)17-10(2)14-16(13-8-5-9-24-13)15-11(20-18(14)25-17)6-4-7-12(15)21/h5,8-9,16,20H,3-4,6-7H2,1-2H3/t16-/m1/s1. The van der Waals surface area contributed by atoms with Gasteiger partial charge in [0, 0.05) is 28.1 Å². The highest BCUT2D eigenvalue weighted by molar-refractivity contribution is 7.18. The fraction of sp³-hybridized carbons (Fsp3) is 0.368. The molecule has 2 aromatic heterocycles. The van der Waals surface area contributed by atoms with Crippen LogP contribution < -0.4 is 5.32 Å². The van der Waals surface area contributed by atoms with E-state index in [4.69, 9.17) is 4.74 Å². The van der Waals surface area contributed by atoms with Gasteiger partial charge in [-0.15, -0.1) is 22.7 Å². The monoisotopic (exact) mass is 373 g/mol. The summed E-state index contributed by atoms with van der Waals surface area (Å²) in [6.07, 6.45) is 2.37. The molecule has 130 valence electrons. The lowest BCUT2D eigenvalue weighted by atomic mass is 9.78. The van der Waals surface area contributed by atoms with Gasteiger partial charge >= 0.3 is 5.97 Å². The van der Waals surface area contributed by atoms with Gasteiger partial charge < -0.3 is 10.1 Å². The molecule has 1 aliphatic carbocycles. The number of hydrogen-bond donors (Lipinski definition) is 1. The van der Waals surface area contributed by atoms with Crippen LogP contribution in [0.5, 0.6) is 0 Å². The predicted octanol–water partition coefficient (Wildman–Crippen LogP) is 4.86. The minimum absolute atomic E-state index is 0.0709. The summed E-state index contributed by atoms with van der Waals surface area (Å²) in [6.45, 7) is 4.13. The van der Waals surface area contributed by atoms with Crippen LogP contribution in [0.2, 0.25) is 0 Å². The Morgan fingerprint density at radius 1 is 1.40 bits per heavy atom. The number of nitrogens with one attached hydrogen (secondary N) is 1. The molecule has 6 heteroatoms. The van der Waals surface area contributed by atoms with Gasteiger partial charge in [-0.25, -0.2) is 4.79 Å². The van der Waals surface area contributed by atoms with Gasteiger partial charge in [0.1, 0.15) is 4.88 Å². The quantitative estimate of drug-likeness (QED) is 0.781. The number of rotatable bonds is 3. The maximum atomic E-state index is 12.7. The van der Waals surface area contributed by atoms with Crippen molar-refractivity contribution < 1.29 is 14.3 Å². The molecule has 25 heavy (non-hydrogen) atoms. The van der Waals surface area contributed by atoms with E-state index in [2.05, 4.69) is 11.4 Å². The summed E-state index contributed by atoms with van der Waals surface area (Å²) < 4.78 is 5.22. The first-order valence-electron chi connectivity index (χ1n) is 8.48. The Kier molecular flexibility index (Phi) is 4.25. The fourth-order valence-electron chi connectivity index (χ4n) is 3.71. The van der Waals surface area contributed by atoms with Crippen LogP contribution in [0.25, 0.3) is 0 Å². The molecular weight excluding hydrogens is 354 g/mol. The van der Waals surface area contributed by atoms with E-state index in [1.807, 2.05) is 25.3 Å². The van der Waals surface area contributed by atoms with Crippen LogP contribution >= 0.6 is 22.7 Å². The number of allylic oxidation sites excluding steroid dienone is 2. The van der Waals surface area contributed by atoms with Crippen LogP contribution in [0.4, 0.5) is 5.00 Å². The first-order valence-corrected chi connectivity index (χ1v) is 10.2. The Hall–Kier alpha value is -1.92. The summed E-state index contributed by atoms with van der Waals surface area (Å²) in [5, 5.41) is 6.47. The number of esters is 1. The zero-order valence-corrected chi connectivity index (χ0v) is 15.8. The van der Waals surface area contributed by atoms with E-state index < -0.39 is 0 Å². The Balaban J connectivity index is 1.89. The molecular formula is C19H19NO3S2. The highest BCUT2D eigenvalue weighted by Crippen LogP contribution is 2.51. The zero-order valence-electron chi connectivity index (χ0n) is 14.2. The van der Waals surface area contributed by atoms with Crippen molar-refractivity contribution in [3.05, 3.63) is 49.7 Å². The first kappa shape index (κ1) is 16.5. The maximum Gasteiger partial charge on any atom is 0.348 e. The number of hydrogen-bond acceptors (Lipinski definition) is 6. The highest BCUT2D eigenvalue weighted by Gasteiger charge is 2.39. The third-order valence-electron chi connectivity index (χ3n) is 4.78. The van der Waals surface area contributed by atoms with Gasteiger partial charge in [-0.2, -0.15) is 0 Å². The normalized spacial score (nSPS) is 19.3. The summed E-state index contributed by atoms with van der Waals surface area (Å²) in [6, 6.07) is 4.10. The summed E-state index contributed by atoms with van der Waals surface area (Å²) in [5.41, 5.74) is 3.90.